The summed E-state index contributed by atoms with van der Waals surface area (Å²) in [6, 6.07) is 16.5. The van der Waals surface area contributed by atoms with Crippen molar-refractivity contribution in [2.75, 3.05) is 31.1 Å². The van der Waals surface area contributed by atoms with Gasteiger partial charge in [-0.15, -0.1) is 0 Å². The van der Waals surface area contributed by atoms with Crippen LogP contribution in [0.2, 0.25) is 0 Å². The second-order valence-electron chi connectivity index (χ2n) is 7.95. The van der Waals surface area contributed by atoms with E-state index in [1.807, 2.05) is 43.0 Å². The molecule has 6 heteroatoms. The summed E-state index contributed by atoms with van der Waals surface area (Å²) >= 11 is 0. The van der Waals surface area contributed by atoms with Crippen LogP contribution < -0.4 is 4.90 Å². The molecule has 0 radical (unpaired) electrons. The number of benzene rings is 2. The van der Waals surface area contributed by atoms with Gasteiger partial charge in [0.05, 0.1) is 0 Å². The topological polar surface area (TPSA) is 49.3 Å². The lowest BCUT2D eigenvalue weighted by Gasteiger charge is -2.36. The lowest BCUT2D eigenvalue weighted by Crippen LogP contribution is -2.49. The molecule has 3 aromatic rings. The highest BCUT2D eigenvalue weighted by Crippen LogP contribution is 2.26. The summed E-state index contributed by atoms with van der Waals surface area (Å²) in [6.07, 6.45) is 1.29. The molecular formula is C25H27FN4O. The summed E-state index contributed by atoms with van der Waals surface area (Å²) in [5.74, 6) is 1.28. The van der Waals surface area contributed by atoms with Crippen molar-refractivity contribution >= 4 is 11.7 Å². The van der Waals surface area contributed by atoms with Crippen LogP contribution in [0.25, 0.3) is 11.4 Å². The summed E-state index contributed by atoms with van der Waals surface area (Å²) in [5.41, 5.74) is 3.75. The summed E-state index contributed by atoms with van der Waals surface area (Å²) in [6.45, 7) is 6.74. The molecule has 1 aromatic heterocycles. The fourth-order valence-electron chi connectivity index (χ4n) is 3.90. The standard InChI is InChI=1S/C25H27FN4O/c1-18-19(2)27-24(21-9-6-10-22(26)17-21)28-25(18)30-15-13-29(14-16-30)23(31)12-11-20-7-4-3-5-8-20/h3-10,17H,11-16H2,1-2H3. The van der Waals surface area contributed by atoms with Gasteiger partial charge < -0.3 is 9.80 Å². The Kier molecular flexibility index (Phi) is 6.26. The van der Waals surface area contributed by atoms with Crippen LogP contribution in [-0.4, -0.2) is 47.0 Å². The number of rotatable bonds is 5. The molecule has 0 bridgehead atoms. The third kappa shape index (κ3) is 4.90. The van der Waals surface area contributed by atoms with E-state index in [1.165, 1.54) is 17.7 Å². The number of hydrogen-bond acceptors (Lipinski definition) is 4. The van der Waals surface area contributed by atoms with Gasteiger partial charge in [-0.2, -0.15) is 0 Å². The van der Waals surface area contributed by atoms with Crippen LogP contribution in [0, 0.1) is 19.7 Å². The number of carbonyl (C=O) groups is 1. The average molecular weight is 419 g/mol. The second kappa shape index (κ2) is 9.25. The summed E-state index contributed by atoms with van der Waals surface area (Å²) in [7, 11) is 0. The molecule has 0 unspecified atom stereocenters. The van der Waals surface area contributed by atoms with Crippen molar-refractivity contribution in [1.29, 1.82) is 0 Å². The zero-order valence-electron chi connectivity index (χ0n) is 18.0. The third-order valence-electron chi connectivity index (χ3n) is 5.85. The van der Waals surface area contributed by atoms with Crippen LogP contribution >= 0.6 is 0 Å². The fourth-order valence-corrected chi connectivity index (χ4v) is 3.90. The first kappa shape index (κ1) is 21.0. The molecule has 0 atom stereocenters. The smallest absolute Gasteiger partial charge is 0.223 e. The summed E-state index contributed by atoms with van der Waals surface area (Å²) < 4.78 is 13.7. The molecule has 0 saturated carbocycles. The minimum absolute atomic E-state index is 0.194. The van der Waals surface area contributed by atoms with E-state index in [2.05, 4.69) is 22.0 Å². The molecule has 2 heterocycles. The Balaban J connectivity index is 1.43. The molecule has 1 aliphatic heterocycles. The number of hydrogen-bond donors (Lipinski definition) is 0. The normalized spacial score (nSPS) is 14.0. The Bertz CT molecular complexity index is 1060. The van der Waals surface area contributed by atoms with Crippen molar-refractivity contribution in [3.63, 3.8) is 0 Å². The summed E-state index contributed by atoms with van der Waals surface area (Å²) in [4.78, 5) is 26.1. The maximum Gasteiger partial charge on any atom is 0.223 e. The van der Waals surface area contributed by atoms with Gasteiger partial charge in [-0.3, -0.25) is 4.79 Å². The van der Waals surface area contributed by atoms with Crippen molar-refractivity contribution in [2.45, 2.75) is 26.7 Å². The van der Waals surface area contributed by atoms with Gasteiger partial charge >= 0.3 is 0 Å². The van der Waals surface area contributed by atoms with Gasteiger partial charge in [0.2, 0.25) is 5.91 Å². The lowest BCUT2D eigenvalue weighted by molar-refractivity contribution is -0.131. The second-order valence-corrected chi connectivity index (χ2v) is 7.95. The first-order valence-electron chi connectivity index (χ1n) is 10.7. The third-order valence-corrected chi connectivity index (χ3v) is 5.85. The van der Waals surface area contributed by atoms with Crippen molar-refractivity contribution in [2.24, 2.45) is 0 Å². The molecule has 0 spiro atoms. The minimum Gasteiger partial charge on any atom is -0.353 e. The summed E-state index contributed by atoms with van der Waals surface area (Å²) in [5, 5.41) is 0. The van der Waals surface area contributed by atoms with E-state index in [1.54, 1.807) is 6.07 Å². The lowest BCUT2D eigenvalue weighted by atomic mass is 10.1. The number of aryl methyl sites for hydroxylation is 2. The Hall–Kier alpha value is -3.28. The molecular weight excluding hydrogens is 391 g/mol. The number of nitrogens with zero attached hydrogens (tertiary/aromatic N) is 4. The van der Waals surface area contributed by atoms with E-state index in [0.717, 1.165) is 36.6 Å². The van der Waals surface area contributed by atoms with Gasteiger partial charge in [-0.1, -0.05) is 42.5 Å². The van der Waals surface area contributed by atoms with Gasteiger partial charge in [-0.25, -0.2) is 14.4 Å². The molecule has 1 aliphatic rings. The first-order valence-corrected chi connectivity index (χ1v) is 10.7. The van der Waals surface area contributed by atoms with E-state index < -0.39 is 0 Å². The molecule has 1 amide bonds. The SMILES string of the molecule is Cc1nc(-c2cccc(F)c2)nc(N2CCN(C(=O)CCc3ccccc3)CC2)c1C. The minimum atomic E-state index is -0.302. The highest BCUT2D eigenvalue weighted by Gasteiger charge is 2.24. The molecule has 0 N–H and O–H groups in total. The molecule has 160 valence electrons. The van der Waals surface area contributed by atoms with Crippen LogP contribution in [0.1, 0.15) is 23.2 Å². The highest BCUT2D eigenvalue weighted by molar-refractivity contribution is 5.77. The highest BCUT2D eigenvalue weighted by atomic mass is 19.1. The van der Waals surface area contributed by atoms with E-state index >= 15 is 0 Å². The number of piperazine rings is 1. The Morgan fingerprint density at radius 3 is 2.42 bits per heavy atom. The predicted molar refractivity (Wildman–Crippen MR) is 120 cm³/mol. The Labute approximate surface area is 182 Å². The van der Waals surface area contributed by atoms with Crippen molar-refractivity contribution in [3.8, 4) is 11.4 Å². The number of amides is 1. The van der Waals surface area contributed by atoms with E-state index in [0.29, 0.717) is 30.9 Å². The van der Waals surface area contributed by atoms with Crippen LogP contribution in [0.3, 0.4) is 0 Å². The molecule has 4 rings (SSSR count). The predicted octanol–water partition coefficient (Wildman–Crippen LogP) is 4.18. The molecule has 2 aromatic carbocycles. The number of aromatic nitrogens is 2. The monoisotopic (exact) mass is 418 g/mol. The van der Waals surface area contributed by atoms with E-state index in [-0.39, 0.29) is 11.7 Å². The zero-order valence-corrected chi connectivity index (χ0v) is 18.0. The average Bonchev–Trinajstić information content (AvgIpc) is 2.80. The van der Waals surface area contributed by atoms with Gasteiger partial charge in [0.1, 0.15) is 11.6 Å². The quantitative estimate of drug-likeness (QED) is 0.624. The molecule has 31 heavy (non-hydrogen) atoms. The molecule has 0 aliphatic carbocycles. The van der Waals surface area contributed by atoms with Crippen LogP contribution in [0.4, 0.5) is 10.2 Å². The zero-order chi connectivity index (χ0) is 21.8. The van der Waals surface area contributed by atoms with Gasteiger partial charge in [0.15, 0.2) is 5.82 Å². The maximum atomic E-state index is 13.7. The van der Waals surface area contributed by atoms with Gasteiger partial charge in [0.25, 0.3) is 0 Å². The van der Waals surface area contributed by atoms with E-state index in [9.17, 15) is 9.18 Å². The van der Waals surface area contributed by atoms with Crippen molar-refractivity contribution < 1.29 is 9.18 Å². The van der Waals surface area contributed by atoms with E-state index in [4.69, 9.17) is 4.98 Å². The Morgan fingerprint density at radius 1 is 0.968 bits per heavy atom. The fraction of sp³-hybridized carbons (Fsp3) is 0.320. The number of anilines is 1. The van der Waals surface area contributed by atoms with Gasteiger partial charge in [0, 0.05) is 49.4 Å². The number of carbonyl (C=O) groups excluding carboxylic acids is 1. The Morgan fingerprint density at radius 2 is 1.71 bits per heavy atom. The largest absolute Gasteiger partial charge is 0.353 e. The number of halogens is 1. The molecule has 1 saturated heterocycles. The first-order chi connectivity index (χ1) is 15.0. The van der Waals surface area contributed by atoms with Gasteiger partial charge in [-0.05, 0) is 38.0 Å². The molecule has 5 nitrogen and oxygen atoms in total. The van der Waals surface area contributed by atoms with Crippen LogP contribution in [0.5, 0.6) is 0 Å². The van der Waals surface area contributed by atoms with Crippen LogP contribution in [0.15, 0.2) is 54.6 Å². The van der Waals surface area contributed by atoms with Crippen LogP contribution in [-0.2, 0) is 11.2 Å². The van der Waals surface area contributed by atoms with Crippen molar-refractivity contribution in [3.05, 3.63) is 77.2 Å². The maximum absolute atomic E-state index is 13.7. The van der Waals surface area contributed by atoms with Crippen molar-refractivity contribution in [1.82, 2.24) is 14.9 Å². The molecule has 1 fully saturated rings.